The molecule has 0 radical (unpaired) electrons. The first kappa shape index (κ1) is 33.9. The lowest BCUT2D eigenvalue weighted by Crippen LogP contribution is -2.53. The summed E-state index contributed by atoms with van der Waals surface area (Å²) in [6.07, 6.45) is 2.89. The normalized spacial score (nSPS) is 12.7. The highest BCUT2D eigenvalue weighted by atomic mass is 32.2. The minimum Gasteiger partial charge on any atom is -0.494 e. The standard InChI is InChI=1S/C32H40FN3O5S2/c1-6-23(4)34-32(38)30(7-2)35(21-24-9-11-25(33)12-10-24)31(37)22-36(26-13-15-27(16-14-26)41-8-3)43(39,40)29-19-17-28(42-5)18-20-29/h9-20,23,30H,6-8,21-22H2,1-5H3,(H,34,38). The molecule has 3 aromatic rings. The summed E-state index contributed by atoms with van der Waals surface area (Å²) in [7, 11) is -4.20. The Morgan fingerprint density at radius 2 is 1.56 bits per heavy atom. The van der Waals surface area contributed by atoms with Crippen LogP contribution in [0.4, 0.5) is 10.1 Å². The molecule has 0 aliphatic carbocycles. The maximum atomic E-state index is 14.1. The van der Waals surface area contributed by atoms with Crippen LogP contribution < -0.4 is 14.4 Å². The quantitative estimate of drug-likeness (QED) is 0.212. The lowest BCUT2D eigenvalue weighted by atomic mass is 10.1. The van der Waals surface area contributed by atoms with Crippen LogP contribution in [-0.2, 0) is 26.2 Å². The summed E-state index contributed by atoms with van der Waals surface area (Å²) < 4.78 is 48.3. The average molecular weight is 630 g/mol. The molecule has 43 heavy (non-hydrogen) atoms. The van der Waals surface area contributed by atoms with Crippen molar-refractivity contribution < 1.29 is 27.1 Å². The third-order valence-corrected chi connectivity index (χ3v) is 9.55. The van der Waals surface area contributed by atoms with Crippen LogP contribution in [0.5, 0.6) is 5.75 Å². The van der Waals surface area contributed by atoms with Gasteiger partial charge in [-0.2, -0.15) is 0 Å². The van der Waals surface area contributed by atoms with E-state index in [1.165, 1.54) is 40.9 Å². The van der Waals surface area contributed by atoms with Crippen molar-refractivity contribution in [2.75, 3.05) is 23.7 Å². The van der Waals surface area contributed by atoms with E-state index in [2.05, 4.69) is 5.32 Å². The van der Waals surface area contributed by atoms with Crippen LogP contribution in [-0.4, -0.2) is 56.6 Å². The monoisotopic (exact) mass is 629 g/mol. The number of thioether (sulfide) groups is 1. The molecule has 2 amide bonds. The summed E-state index contributed by atoms with van der Waals surface area (Å²) >= 11 is 1.48. The highest BCUT2D eigenvalue weighted by Gasteiger charge is 2.34. The van der Waals surface area contributed by atoms with Crippen molar-refractivity contribution in [1.82, 2.24) is 10.2 Å². The van der Waals surface area contributed by atoms with E-state index < -0.39 is 34.3 Å². The van der Waals surface area contributed by atoms with Crippen molar-refractivity contribution in [3.8, 4) is 5.75 Å². The SMILES string of the molecule is CCOc1ccc(N(CC(=O)N(Cc2ccc(F)cc2)C(CC)C(=O)NC(C)CC)S(=O)(=O)c2ccc(SC)cc2)cc1. The molecule has 3 aromatic carbocycles. The van der Waals surface area contributed by atoms with E-state index in [9.17, 15) is 22.4 Å². The summed E-state index contributed by atoms with van der Waals surface area (Å²) in [6.45, 7) is 7.33. The first-order chi connectivity index (χ1) is 20.5. The molecule has 232 valence electrons. The van der Waals surface area contributed by atoms with Gasteiger partial charge in [0.05, 0.1) is 17.2 Å². The molecule has 0 aliphatic rings. The first-order valence-electron chi connectivity index (χ1n) is 14.3. The highest BCUT2D eigenvalue weighted by molar-refractivity contribution is 7.98. The minimum absolute atomic E-state index is 0.00880. The second-order valence-electron chi connectivity index (χ2n) is 10.0. The maximum absolute atomic E-state index is 14.1. The minimum atomic E-state index is -4.20. The molecule has 0 bridgehead atoms. The van der Waals surface area contributed by atoms with Crippen LogP contribution in [0.3, 0.4) is 0 Å². The van der Waals surface area contributed by atoms with Crippen LogP contribution in [0, 0.1) is 5.82 Å². The van der Waals surface area contributed by atoms with Gasteiger partial charge in [0, 0.05) is 17.5 Å². The van der Waals surface area contributed by atoms with Crippen molar-refractivity contribution in [1.29, 1.82) is 0 Å². The zero-order chi connectivity index (χ0) is 31.6. The second kappa shape index (κ2) is 15.8. The number of ether oxygens (including phenoxy) is 1. The zero-order valence-electron chi connectivity index (χ0n) is 25.2. The van der Waals surface area contributed by atoms with Gasteiger partial charge in [0.1, 0.15) is 24.2 Å². The van der Waals surface area contributed by atoms with Gasteiger partial charge in [0.25, 0.3) is 10.0 Å². The molecule has 0 spiro atoms. The van der Waals surface area contributed by atoms with E-state index in [1.807, 2.05) is 27.0 Å². The Balaban J connectivity index is 2.06. The van der Waals surface area contributed by atoms with Crippen molar-refractivity contribution in [2.24, 2.45) is 0 Å². The van der Waals surface area contributed by atoms with Gasteiger partial charge in [0.15, 0.2) is 0 Å². The number of hydrogen-bond donors (Lipinski definition) is 1. The molecule has 11 heteroatoms. The topological polar surface area (TPSA) is 96.0 Å². The number of hydrogen-bond acceptors (Lipinski definition) is 6. The van der Waals surface area contributed by atoms with Crippen LogP contribution >= 0.6 is 11.8 Å². The summed E-state index contributed by atoms with van der Waals surface area (Å²) in [6, 6.07) is 17.6. The predicted octanol–water partition coefficient (Wildman–Crippen LogP) is 5.86. The molecule has 0 aliphatic heterocycles. The Labute approximate surface area is 258 Å². The summed E-state index contributed by atoms with van der Waals surface area (Å²) in [5, 5.41) is 2.94. The van der Waals surface area contributed by atoms with Gasteiger partial charge in [-0.05, 0) is 99.2 Å². The summed E-state index contributed by atoms with van der Waals surface area (Å²) in [4.78, 5) is 29.8. The molecule has 2 atom stereocenters. The van der Waals surface area contributed by atoms with Gasteiger partial charge in [-0.3, -0.25) is 13.9 Å². The van der Waals surface area contributed by atoms with Gasteiger partial charge in [-0.1, -0.05) is 26.0 Å². The Bertz CT molecular complexity index is 1450. The van der Waals surface area contributed by atoms with E-state index in [-0.39, 0.29) is 29.1 Å². The van der Waals surface area contributed by atoms with E-state index >= 15 is 0 Å². The van der Waals surface area contributed by atoms with E-state index in [0.29, 0.717) is 30.8 Å². The number of halogens is 1. The Morgan fingerprint density at radius 1 is 0.930 bits per heavy atom. The molecule has 1 N–H and O–H groups in total. The number of benzene rings is 3. The fourth-order valence-electron chi connectivity index (χ4n) is 4.43. The fraction of sp³-hybridized carbons (Fsp3) is 0.375. The summed E-state index contributed by atoms with van der Waals surface area (Å²) in [5.74, 6) is -0.780. The zero-order valence-corrected chi connectivity index (χ0v) is 26.9. The van der Waals surface area contributed by atoms with Gasteiger partial charge >= 0.3 is 0 Å². The van der Waals surface area contributed by atoms with Crippen LogP contribution in [0.2, 0.25) is 0 Å². The number of rotatable bonds is 15. The van der Waals surface area contributed by atoms with Crippen LogP contribution in [0.15, 0.2) is 82.6 Å². The lowest BCUT2D eigenvalue weighted by Gasteiger charge is -2.33. The number of sulfonamides is 1. The number of nitrogens with zero attached hydrogens (tertiary/aromatic N) is 2. The van der Waals surface area contributed by atoms with Crippen LogP contribution in [0.1, 0.15) is 46.1 Å². The van der Waals surface area contributed by atoms with Gasteiger partial charge in [-0.25, -0.2) is 12.8 Å². The molecular formula is C32H40FN3O5S2. The van der Waals surface area contributed by atoms with Gasteiger partial charge in [-0.15, -0.1) is 11.8 Å². The third kappa shape index (κ3) is 8.96. The number of carbonyl (C=O) groups excluding carboxylic acids is 2. The lowest BCUT2D eigenvalue weighted by molar-refractivity contribution is -0.140. The Kier molecular flexibility index (Phi) is 12.4. The molecule has 0 heterocycles. The molecule has 0 fully saturated rings. The van der Waals surface area contributed by atoms with Crippen molar-refractivity contribution in [2.45, 2.75) is 69.0 Å². The first-order valence-corrected chi connectivity index (χ1v) is 16.9. The third-order valence-electron chi connectivity index (χ3n) is 7.02. The smallest absolute Gasteiger partial charge is 0.264 e. The van der Waals surface area contributed by atoms with Crippen LogP contribution in [0.25, 0.3) is 0 Å². The van der Waals surface area contributed by atoms with E-state index in [0.717, 1.165) is 9.20 Å². The number of nitrogens with one attached hydrogen (secondary N) is 1. The second-order valence-corrected chi connectivity index (χ2v) is 12.7. The predicted molar refractivity (Wildman–Crippen MR) is 169 cm³/mol. The fourth-order valence-corrected chi connectivity index (χ4v) is 6.25. The van der Waals surface area contributed by atoms with Crippen molar-refractivity contribution >= 4 is 39.3 Å². The maximum Gasteiger partial charge on any atom is 0.264 e. The highest BCUT2D eigenvalue weighted by Crippen LogP contribution is 2.28. The van der Waals surface area contributed by atoms with E-state index in [4.69, 9.17) is 4.74 Å². The van der Waals surface area contributed by atoms with Crippen molar-refractivity contribution in [3.05, 3.63) is 84.2 Å². The molecule has 8 nitrogen and oxygen atoms in total. The molecular weight excluding hydrogens is 590 g/mol. The Hall–Kier alpha value is -3.57. The van der Waals surface area contributed by atoms with Gasteiger partial charge < -0.3 is 15.0 Å². The molecule has 0 aromatic heterocycles. The van der Waals surface area contributed by atoms with Crippen molar-refractivity contribution in [3.63, 3.8) is 0 Å². The Morgan fingerprint density at radius 3 is 2.09 bits per heavy atom. The molecule has 0 saturated carbocycles. The van der Waals surface area contributed by atoms with Gasteiger partial charge in [0.2, 0.25) is 11.8 Å². The number of amides is 2. The number of anilines is 1. The van der Waals surface area contributed by atoms with E-state index in [1.54, 1.807) is 55.5 Å². The molecule has 3 rings (SSSR count). The average Bonchev–Trinajstić information content (AvgIpc) is 3.01. The summed E-state index contributed by atoms with van der Waals surface area (Å²) in [5.41, 5.74) is 0.872. The largest absolute Gasteiger partial charge is 0.494 e. The number of carbonyl (C=O) groups is 2. The molecule has 0 saturated heterocycles. The molecule has 2 unspecified atom stereocenters.